The number of rotatable bonds is 2. The number of carbonyl (C=O) groups is 1. The molecule has 0 bridgehead atoms. The second-order valence-corrected chi connectivity index (χ2v) is 5.13. The topological polar surface area (TPSA) is 26.3 Å². The van der Waals surface area contributed by atoms with E-state index in [4.69, 9.17) is 4.74 Å². The number of fused-ring (bicyclic) bond motifs is 1. The number of halogens is 1. The Balaban J connectivity index is 1.92. The van der Waals surface area contributed by atoms with Gasteiger partial charge in [-0.3, -0.25) is 0 Å². The molecule has 1 aliphatic heterocycles. The summed E-state index contributed by atoms with van der Waals surface area (Å²) in [7, 11) is 0. The fourth-order valence-electron chi connectivity index (χ4n) is 2.24. The van der Waals surface area contributed by atoms with Crippen molar-refractivity contribution in [3.63, 3.8) is 0 Å². The average Bonchev–Trinajstić information content (AvgIpc) is 2.70. The Morgan fingerprint density at radius 2 is 1.78 bits per heavy atom. The first-order chi connectivity index (χ1) is 8.75. The van der Waals surface area contributed by atoms with Gasteiger partial charge in [0.05, 0.1) is 5.56 Å². The second-order valence-electron chi connectivity index (χ2n) is 4.28. The maximum absolute atomic E-state index is 11.7. The SMILES string of the molecule is O=C1O[C@@H](Cc2ccccc2Br)c2ccccc21. The molecule has 3 rings (SSSR count). The van der Waals surface area contributed by atoms with E-state index in [2.05, 4.69) is 15.9 Å². The van der Waals surface area contributed by atoms with Crippen LogP contribution in [0.25, 0.3) is 0 Å². The standard InChI is InChI=1S/C15H11BrO2/c16-13-8-4-1-5-10(13)9-14-11-6-2-3-7-12(11)15(17)18-14/h1-8,14H,9H2/t14-/m0/s1. The van der Waals surface area contributed by atoms with Gasteiger partial charge in [-0.15, -0.1) is 0 Å². The van der Waals surface area contributed by atoms with Gasteiger partial charge in [0.2, 0.25) is 0 Å². The van der Waals surface area contributed by atoms with E-state index in [9.17, 15) is 4.79 Å². The second kappa shape index (κ2) is 4.58. The highest BCUT2D eigenvalue weighted by molar-refractivity contribution is 9.10. The highest BCUT2D eigenvalue weighted by Gasteiger charge is 2.30. The molecule has 2 nitrogen and oxygen atoms in total. The lowest BCUT2D eigenvalue weighted by Crippen LogP contribution is -2.03. The Morgan fingerprint density at radius 3 is 2.61 bits per heavy atom. The number of hydrogen-bond acceptors (Lipinski definition) is 2. The van der Waals surface area contributed by atoms with E-state index in [0.717, 1.165) is 15.6 Å². The van der Waals surface area contributed by atoms with Crippen LogP contribution in [0, 0.1) is 0 Å². The molecule has 1 heterocycles. The number of esters is 1. The summed E-state index contributed by atoms with van der Waals surface area (Å²) in [6.07, 6.45) is 0.525. The van der Waals surface area contributed by atoms with Gasteiger partial charge in [0.1, 0.15) is 6.10 Å². The molecule has 1 atom stereocenters. The van der Waals surface area contributed by atoms with Crippen molar-refractivity contribution in [2.45, 2.75) is 12.5 Å². The van der Waals surface area contributed by atoms with Gasteiger partial charge in [0.15, 0.2) is 0 Å². The van der Waals surface area contributed by atoms with Crippen LogP contribution >= 0.6 is 15.9 Å². The molecular formula is C15H11BrO2. The molecule has 0 saturated carbocycles. The third-order valence-corrected chi connectivity index (χ3v) is 3.91. The van der Waals surface area contributed by atoms with Crippen molar-refractivity contribution in [2.24, 2.45) is 0 Å². The molecule has 3 heteroatoms. The van der Waals surface area contributed by atoms with Crippen molar-refractivity contribution in [1.29, 1.82) is 0 Å². The summed E-state index contributed by atoms with van der Waals surface area (Å²) < 4.78 is 6.48. The summed E-state index contributed by atoms with van der Waals surface area (Å²) in [6, 6.07) is 15.6. The Bertz CT molecular complexity index is 607. The third kappa shape index (κ3) is 1.95. The Kier molecular flexibility index (Phi) is 2.92. The summed E-state index contributed by atoms with van der Waals surface area (Å²) in [5.74, 6) is -0.220. The molecule has 90 valence electrons. The molecule has 0 amide bonds. The lowest BCUT2D eigenvalue weighted by atomic mass is 9.99. The van der Waals surface area contributed by atoms with E-state index in [-0.39, 0.29) is 12.1 Å². The predicted octanol–water partition coefficient (Wildman–Crippen LogP) is 3.90. The van der Waals surface area contributed by atoms with E-state index in [1.54, 1.807) is 0 Å². The number of hydrogen-bond donors (Lipinski definition) is 0. The van der Waals surface area contributed by atoms with Crippen LogP contribution in [0.5, 0.6) is 0 Å². The van der Waals surface area contributed by atoms with Crippen LogP contribution in [-0.4, -0.2) is 5.97 Å². The van der Waals surface area contributed by atoms with Gasteiger partial charge in [-0.05, 0) is 17.7 Å². The quantitative estimate of drug-likeness (QED) is 0.786. The minimum absolute atomic E-state index is 0.174. The largest absolute Gasteiger partial charge is 0.454 e. The van der Waals surface area contributed by atoms with Crippen LogP contribution in [0.1, 0.15) is 27.6 Å². The number of carbonyl (C=O) groups excluding carboxylic acids is 1. The van der Waals surface area contributed by atoms with E-state index in [1.807, 2.05) is 48.5 Å². The molecule has 0 unspecified atom stereocenters. The molecule has 0 aliphatic carbocycles. The molecule has 0 aromatic heterocycles. The van der Waals surface area contributed by atoms with E-state index in [1.165, 1.54) is 0 Å². The smallest absolute Gasteiger partial charge is 0.339 e. The highest BCUT2D eigenvalue weighted by atomic mass is 79.9. The zero-order chi connectivity index (χ0) is 12.5. The van der Waals surface area contributed by atoms with Gasteiger partial charge in [0, 0.05) is 16.5 Å². The molecular weight excluding hydrogens is 292 g/mol. The lowest BCUT2D eigenvalue weighted by molar-refractivity contribution is 0.0387. The fraction of sp³-hybridized carbons (Fsp3) is 0.133. The Labute approximate surface area is 114 Å². The zero-order valence-electron chi connectivity index (χ0n) is 9.60. The van der Waals surface area contributed by atoms with Crippen molar-refractivity contribution < 1.29 is 9.53 Å². The van der Waals surface area contributed by atoms with Gasteiger partial charge in [-0.1, -0.05) is 52.3 Å². The number of cyclic esters (lactones) is 1. The third-order valence-electron chi connectivity index (χ3n) is 3.14. The summed E-state index contributed by atoms with van der Waals surface area (Å²) in [6.45, 7) is 0. The Morgan fingerprint density at radius 1 is 1.06 bits per heavy atom. The number of ether oxygens (including phenoxy) is 1. The van der Waals surface area contributed by atoms with Crippen molar-refractivity contribution in [3.05, 3.63) is 69.7 Å². The molecule has 0 saturated heterocycles. The minimum atomic E-state index is -0.220. The average molecular weight is 303 g/mol. The van der Waals surface area contributed by atoms with Gasteiger partial charge in [-0.25, -0.2) is 4.79 Å². The molecule has 0 fully saturated rings. The zero-order valence-corrected chi connectivity index (χ0v) is 11.2. The fourth-order valence-corrected chi connectivity index (χ4v) is 2.68. The summed E-state index contributed by atoms with van der Waals surface area (Å²) in [4.78, 5) is 11.7. The van der Waals surface area contributed by atoms with E-state index >= 15 is 0 Å². The first-order valence-electron chi connectivity index (χ1n) is 5.79. The monoisotopic (exact) mass is 302 g/mol. The van der Waals surface area contributed by atoms with Crippen molar-refractivity contribution in [1.82, 2.24) is 0 Å². The van der Waals surface area contributed by atoms with Crippen LogP contribution in [0.15, 0.2) is 53.0 Å². The van der Waals surface area contributed by atoms with Crippen LogP contribution < -0.4 is 0 Å². The van der Waals surface area contributed by atoms with Crippen molar-refractivity contribution in [2.75, 3.05) is 0 Å². The highest BCUT2D eigenvalue weighted by Crippen LogP contribution is 2.34. The van der Waals surface area contributed by atoms with Gasteiger partial charge in [0.25, 0.3) is 0 Å². The summed E-state index contributed by atoms with van der Waals surface area (Å²) in [5.41, 5.74) is 2.82. The van der Waals surface area contributed by atoms with Crippen LogP contribution in [0.4, 0.5) is 0 Å². The maximum atomic E-state index is 11.7. The molecule has 1 aliphatic rings. The van der Waals surface area contributed by atoms with E-state index < -0.39 is 0 Å². The van der Waals surface area contributed by atoms with Gasteiger partial charge >= 0.3 is 5.97 Å². The first-order valence-corrected chi connectivity index (χ1v) is 6.58. The Hall–Kier alpha value is -1.61. The van der Waals surface area contributed by atoms with Crippen LogP contribution in [0.3, 0.4) is 0 Å². The normalized spacial score (nSPS) is 17.4. The van der Waals surface area contributed by atoms with Gasteiger partial charge in [-0.2, -0.15) is 0 Å². The lowest BCUT2D eigenvalue weighted by Gasteiger charge is -2.11. The minimum Gasteiger partial charge on any atom is -0.454 e. The van der Waals surface area contributed by atoms with Crippen molar-refractivity contribution in [3.8, 4) is 0 Å². The molecule has 0 radical (unpaired) electrons. The molecule has 2 aromatic carbocycles. The van der Waals surface area contributed by atoms with Crippen LogP contribution in [-0.2, 0) is 11.2 Å². The molecule has 0 spiro atoms. The molecule has 0 N–H and O–H groups in total. The van der Waals surface area contributed by atoms with Gasteiger partial charge < -0.3 is 4.74 Å². The first kappa shape index (κ1) is 11.5. The molecule has 2 aromatic rings. The van der Waals surface area contributed by atoms with Crippen molar-refractivity contribution >= 4 is 21.9 Å². The maximum Gasteiger partial charge on any atom is 0.339 e. The van der Waals surface area contributed by atoms with Crippen LogP contribution in [0.2, 0.25) is 0 Å². The summed E-state index contributed by atoms with van der Waals surface area (Å²) in [5, 5.41) is 0. The molecule has 18 heavy (non-hydrogen) atoms. The number of benzene rings is 2. The summed E-state index contributed by atoms with van der Waals surface area (Å²) >= 11 is 3.52. The van der Waals surface area contributed by atoms with E-state index in [0.29, 0.717) is 12.0 Å². The predicted molar refractivity (Wildman–Crippen MR) is 72.4 cm³/mol.